The summed E-state index contributed by atoms with van der Waals surface area (Å²) in [6.07, 6.45) is 0. The number of carbonyl (C=O) groups excluding carboxylic acids is 1. The van der Waals surface area contributed by atoms with Gasteiger partial charge in [-0.1, -0.05) is 4.67 Å². The van der Waals surface area contributed by atoms with Crippen LogP contribution in [-0.4, -0.2) is 15.8 Å². The predicted octanol–water partition coefficient (Wildman–Crippen LogP) is 1.58. The molecule has 0 saturated heterocycles. The molecular weight excluding hydrogens is 335 g/mol. The summed E-state index contributed by atoms with van der Waals surface area (Å²) in [7, 11) is -4.79. The summed E-state index contributed by atoms with van der Waals surface area (Å²) in [4.78, 5) is 31.0. The second kappa shape index (κ2) is 5.23. The lowest BCUT2D eigenvalue weighted by molar-refractivity contribution is -0.217. The van der Waals surface area contributed by atoms with E-state index >= 15 is 0 Å². The molecule has 0 atom stereocenters. The quantitative estimate of drug-likeness (QED) is 0.351. The molecule has 0 heterocycles. The second-order valence-electron chi connectivity index (χ2n) is 1.82. The fourth-order valence-electron chi connectivity index (χ4n) is 0.222. The van der Waals surface area contributed by atoms with E-state index in [-0.39, 0.29) is 5.57 Å². The number of carbonyl (C=O) groups is 1. The van der Waals surface area contributed by atoms with Gasteiger partial charge < -0.3 is 9.79 Å². The highest BCUT2D eigenvalue weighted by molar-refractivity contribution is 9.28. The van der Waals surface area contributed by atoms with E-state index in [1.54, 1.807) is 0 Å². The van der Waals surface area contributed by atoms with Gasteiger partial charge in [-0.05, 0) is 38.8 Å². The molecule has 0 spiro atoms. The van der Waals surface area contributed by atoms with Gasteiger partial charge in [-0.2, -0.15) is 0 Å². The van der Waals surface area contributed by atoms with Gasteiger partial charge in [-0.3, -0.25) is 4.89 Å². The number of halogens is 2. The van der Waals surface area contributed by atoms with Gasteiger partial charge in [0.25, 0.3) is 0 Å². The first kappa shape index (κ1) is 13.3. The first-order chi connectivity index (χ1) is 5.74. The minimum absolute atomic E-state index is 0.0773. The van der Waals surface area contributed by atoms with Crippen LogP contribution in [0.5, 0.6) is 0 Å². The molecule has 0 amide bonds. The van der Waals surface area contributed by atoms with Gasteiger partial charge in [-0.25, -0.2) is 9.36 Å². The van der Waals surface area contributed by atoms with Crippen LogP contribution in [0.4, 0.5) is 0 Å². The molecule has 0 fully saturated rings. The van der Waals surface area contributed by atoms with Crippen LogP contribution in [0.2, 0.25) is 0 Å². The molecule has 6 nitrogen and oxygen atoms in total. The highest BCUT2D eigenvalue weighted by Crippen LogP contribution is 2.36. The molecular formula is C4H5Br2O6P. The third-order valence-corrected chi connectivity index (χ3v) is 2.26. The molecule has 0 unspecified atom stereocenters. The summed E-state index contributed by atoms with van der Waals surface area (Å²) in [6.45, 7) is 1.37. The maximum atomic E-state index is 10.8. The summed E-state index contributed by atoms with van der Waals surface area (Å²) < 4.78 is 13.9. The van der Waals surface area contributed by atoms with Crippen molar-refractivity contribution in [2.45, 2.75) is 6.92 Å². The van der Waals surface area contributed by atoms with E-state index in [2.05, 4.69) is 41.4 Å². The minimum atomic E-state index is -4.79. The predicted molar refractivity (Wildman–Crippen MR) is 49.8 cm³/mol. The van der Waals surface area contributed by atoms with Crippen molar-refractivity contribution < 1.29 is 28.7 Å². The van der Waals surface area contributed by atoms with Crippen molar-refractivity contribution in [1.82, 2.24) is 0 Å². The van der Waals surface area contributed by atoms with Crippen LogP contribution in [0, 0.1) is 0 Å². The fraction of sp³-hybridized carbons (Fsp3) is 0.250. The van der Waals surface area contributed by atoms with Crippen LogP contribution in [0.15, 0.2) is 8.96 Å². The molecule has 0 aromatic heterocycles. The number of phosphoric acid groups is 1. The average molecular weight is 340 g/mol. The Bertz CT molecular complexity index is 276. The van der Waals surface area contributed by atoms with Crippen LogP contribution < -0.4 is 0 Å². The van der Waals surface area contributed by atoms with Crippen molar-refractivity contribution in [1.29, 1.82) is 0 Å². The average Bonchev–Trinajstić information content (AvgIpc) is 1.97. The summed E-state index contributed by atoms with van der Waals surface area (Å²) >= 11 is 5.81. The molecule has 0 aromatic carbocycles. The molecule has 0 saturated carbocycles. The zero-order valence-electron chi connectivity index (χ0n) is 6.23. The molecule has 2 N–H and O–H groups in total. The lowest BCUT2D eigenvalue weighted by atomic mass is 10.4. The second-order valence-corrected chi connectivity index (χ2v) is 5.60. The van der Waals surface area contributed by atoms with E-state index in [0.29, 0.717) is 3.39 Å². The minimum Gasteiger partial charge on any atom is -0.301 e. The molecule has 0 radical (unpaired) electrons. The SMILES string of the molecule is CC(C(=O)OOP(=O)(O)O)=C(Br)Br. The van der Waals surface area contributed by atoms with Crippen molar-refractivity contribution in [3.8, 4) is 0 Å². The maximum absolute atomic E-state index is 10.8. The molecule has 76 valence electrons. The highest BCUT2D eigenvalue weighted by Gasteiger charge is 2.20. The largest absolute Gasteiger partial charge is 0.505 e. The fourth-order valence-corrected chi connectivity index (χ4v) is 0.711. The summed E-state index contributed by atoms with van der Waals surface area (Å²) in [5.74, 6) is -1.01. The molecule has 13 heavy (non-hydrogen) atoms. The van der Waals surface area contributed by atoms with Crippen LogP contribution in [0.3, 0.4) is 0 Å². The summed E-state index contributed by atoms with van der Waals surface area (Å²) in [5.41, 5.74) is 0.0773. The number of hydrogen-bond acceptors (Lipinski definition) is 4. The van der Waals surface area contributed by atoms with E-state index in [1.165, 1.54) is 6.92 Å². The molecule has 0 aliphatic rings. The standard InChI is InChI=1S/C4H5Br2O6P/c1-2(3(5)6)4(7)11-12-13(8,9)10/h1H3,(H2,8,9,10). The Kier molecular flexibility index (Phi) is 5.35. The summed E-state index contributed by atoms with van der Waals surface area (Å²) in [6, 6.07) is 0. The van der Waals surface area contributed by atoms with E-state index < -0.39 is 13.8 Å². The molecule has 0 aliphatic heterocycles. The zero-order valence-corrected chi connectivity index (χ0v) is 10.3. The first-order valence-corrected chi connectivity index (χ1v) is 5.83. The van der Waals surface area contributed by atoms with Crippen LogP contribution in [0.25, 0.3) is 0 Å². The third-order valence-electron chi connectivity index (χ3n) is 0.800. The topological polar surface area (TPSA) is 93.1 Å². The first-order valence-electron chi connectivity index (χ1n) is 2.72. The van der Waals surface area contributed by atoms with Crippen molar-refractivity contribution in [2.24, 2.45) is 0 Å². The third kappa shape index (κ3) is 6.36. The lowest BCUT2D eigenvalue weighted by Crippen LogP contribution is -2.05. The van der Waals surface area contributed by atoms with Gasteiger partial charge >= 0.3 is 13.8 Å². The zero-order chi connectivity index (χ0) is 10.6. The van der Waals surface area contributed by atoms with Crippen molar-refractivity contribution >= 4 is 45.7 Å². The Hall–Kier alpha value is 0.280. The molecule has 0 bridgehead atoms. The van der Waals surface area contributed by atoms with Crippen molar-refractivity contribution in [3.63, 3.8) is 0 Å². The van der Waals surface area contributed by atoms with Crippen molar-refractivity contribution in [2.75, 3.05) is 0 Å². The molecule has 0 rings (SSSR count). The lowest BCUT2D eigenvalue weighted by Gasteiger charge is -2.03. The normalized spacial score (nSPS) is 10.8. The van der Waals surface area contributed by atoms with Gasteiger partial charge in [0.15, 0.2) is 0 Å². The van der Waals surface area contributed by atoms with Crippen molar-refractivity contribution in [3.05, 3.63) is 8.96 Å². The Labute approximate surface area is 90.3 Å². The highest BCUT2D eigenvalue weighted by atomic mass is 79.9. The maximum Gasteiger partial charge on any atom is 0.505 e. The molecule has 0 aromatic rings. The van der Waals surface area contributed by atoms with Crippen LogP contribution in [-0.2, 0) is 18.9 Å². The molecule has 0 aliphatic carbocycles. The summed E-state index contributed by atoms with van der Waals surface area (Å²) in [5, 5.41) is 0. The van der Waals surface area contributed by atoms with Crippen LogP contribution >= 0.6 is 39.7 Å². The Morgan fingerprint density at radius 3 is 2.15 bits per heavy atom. The van der Waals surface area contributed by atoms with E-state index in [0.717, 1.165) is 0 Å². The Morgan fingerprint density at radius 2 is 1.85 bits per heavy atom. The van der Waals surface area contributed by atoms with E-state index in [9.17, 15) is 9.36 Å². The number of hydrogen-bond donors (Lipinski definition) is 2. The van der Waals surface area contributed by atoms with E-state index in [4.69, 9.17) is 9.79 Å². The van der Waals surface area contributed by atoms with Gasteiger partial charge in [-0.15, -0.1) is 0 Å². The Balaban J connectivity index is 4.20. The van der Waals surface area contributed by atoms with Gasteiger partial charge in [0.2, 0.25) is 0 Å². The van der Waals surface area contributed by atoms with E-state index in [1.807, 2.05) is 0 Å². The number of rotatable bonds is 3. The smallest absolute Gasteiger partial charge is 0.301 e. The van der Waals surface area contributed by atoms with Gasteiger partial charge in [0, 0.05) is 0 Å². The monoisotopic (exact) mass is 338 g/mol. The van der Waals surface area contributed by atoms with Gasteiger partial charge in [0.1, 0.15) is 0 Å². The molecule has 9 heteroatoms. The Morgan fingerprint density at radius 1 is 1.38 bits per heavy atom. The van der Waals surface area contributed by atoms with Gasteiger partial charge in [0.05, 0.1) is 8.96 Å². The van der Waals surface area contributed by atoms with Crippen LogP contribution in [0.1, 0.15) is 6.92 Å².